The second-order valence-electron chi connectivity index (χ2n) is 5.07. The van der Waals surface area contributed by atoms with E-state index in [0.717, 1.165) is 13.0 Å². The fourth-order valence-corrected chi connectivity index (χ4v) is 3.68. The summed E-state index contributed by atoms with van der Waals surface area (Å²) in [5.74, 6) is -0.209. The van der Waals surface area contributed by atoms with Crippen LogP contribution in [0.4, 0.5) is 0 Å². The zero-order valence-electron chi connectivity index (χ0n) is 11.8. The fourth-order valence-electron chi connectivity index (χ4n) is 2.79. The SMILES string of the molecule is COC(=O)[C@H](c1ccccc1O)N1CCc2sccc2C1. The smallest absolute Gasteiger partial charge is 0.327 e. The van der Waals surface area contributed by atoms with Crippen LogP contribution in [0.5, 0.6) is 5.75 Å². The third-order valence-corrected chi connectivity index (χ3v) is 4.88. The topological polar surface area (TPSA) is 49.8 Å². The van der Waals surface area contributed by atoms with Crippen LogP contribution in [0.1, 0.15) is 22.0 Å². The van der Waals surface area contributed by atoms with Gasteiger partial charge in [-0.25, -0.2) is 4.79 Å². The van der Waals surface area contributed by atoms with Gasteiger partial charge in [0.1, 0.15) is 11.8 Å². The van der Waals surface area contributed by atoms with Crippen LogP contribution in [0.25, 0.3) is 0 Å². The summed E-state index contributed by atoms with van der Waals surface area (Å²) in [7, 11) is 1.38. The normalized spacial score (nSPS) is 16.2. The highest BCUT2D eigenvalue weighted by Gasteiger charge is 2.33. The first kappa shape index (κ1) is 14.1. The van der Waals surface area contributed by atoms with E-state index in [1.54, 1.807) is 29.5 Å². The highest BCUT2D eigenvalue weighted by Crippen LogP contribution is 2.34. The molecule has 1 N–H and O–H groups in total. The van der Waals surface area contributed by atoms with Gasteiger partial charge in [0.2, 0.25) is 0 Å². The number of methoxy groups -OCH3 is 1. The minimum absolute atomic E-state index is 0.129. The molecule has 0 saturated carbocycles. The van der Waals surface area contributed by atoms with E-state index < -0.39 is 6.04 Å². The van der Waals surface area contributed by atoms with E-state index in [4.69, 9.17) is 4.74 Å². The average Bonchev–Trinajstić information content (AvgIpc) is 2.97. The Morgan fingerprint density at radius 2 is 2.19 bits per heavy atom. The summed E-state index contributed by atoms with van der Waals surface area (Å²) in [5.41, 5.74) is 1.86. The number of para-hydroxylation sites is 1. The molecule has 5 heteroatoms. The van der Waals surface area contributed by atoms with Crippen molar-refractivity contribution in [3.05, 3.63) is 51.7 Å². The van der Waals surface area contributed by atoms with Crippen molar-refractivity contribution in [1.82, 2.24) is 4.90 Å². The van der Waals surface area contributed by atoms with Gasteiger partial charge in [0, 0.05) is 23.5 Å². The number of phenolic OH excluding ortho intramolecular Hbond substituents is 1. The number of esters is 1. The van der Waals surface area contributed by atoms with Crippen molar-refractivity contribution in [1.29, 1.82) is 0 Å². The number of phenols is 1. The van der Waals surface area contributed by atoms with E-state index in [9.17, 15) is 9.90 Å². The van der Waals surface area contributed by atoms with E-state index in [1.807, 2.05) is 6.07 Å². The number of thiophene rings is 1. The lowest BCUT2D eigenvalue weighted by Gasteiger charge is -2.33. The molecule has 1 aliphatic heterocycles. The molecular formula is C16H17NO3S. The molecule has 1 aromatic carbocycles. The summed E-state index contributed by atoms with van der Waals surface area (Å²) in [6, 6.07) is 8.49. The van der Waals surface area contributed by atoms with Crippen molar-refractivity contribution in [2.24, 2.45) is 0 Å². The Balaban J connectivity index is 1.94. The molecule has 110 valence electrons. The van der Waals surface area contributed by atoms with Gasteiger partial charge in [0.05, 0.1) is 7.11 Å². The van der Waals surface area contributed by atoms with Crippen LogP contribution in [-0.2, 0) is 22.5 Å². The maximum absolute atomic E-state index is 12.2. The second kappa shape index (κ2) is 5.87. The average molecular weight is 303 g/mol. The fraction of sp³-hybridized carbons (Fsp3) is 0.312. The Hall–Kier alpha value is -1.85. The van der Waals surface area contributed by atoms with E-state index >= 15 is 0 Å². The molecule has 1 aliphatic rings. The van der Waals surface area contributed by atoms with Gasteiger partial charge in [-0.05, 0) is 29.5 Å². The molecule has 4 nitrogen and oxygen atoms in total. The molecule has 0 bridgehead atoms. The van der Waals surface area contributed by atoms with Gasteiger partial charge in [-0.2, -0.15) is 0 Å². The van der Waals surface area contributed by atoms with Crippen LogP contribution in [0.15, 0.2) is 35.7 Å². The highest BCUT2D eigenvalue weighted by atomic mass is 32.1. The van der Waals surface area contributed by atoms with Crippen LogP contribution >= 0.6 is 11.3 Å². The van der Waals surface area contributed by atoms with E-state index in [0.29, 0.717) is 12.1 Å². The number of carbonyl (C=O) groups excluding carboxylic acids is 1. The number of fused-ring (bicyclic) bond motifs is 1. The van der Waals surface area contributed by atoms with Crippen molar-refractivity contribution >= 4 is 17.3 Å². The molecular weight excluding hydrogens is 286 g/mol. The summed E-state index contributed by atoms with van der Waals surface area (Å²) in [6.07, 6.45) is 0.925. The lowest BCUT2D eigenvalue weighted by Crippen LogP contribution is -2.38. The van der Waals surface area contributed by atoms with Crippen LogP contribution in [0, 0.1) is 0 Å². The van der Waals surface area contributed by atoms with Gasteiger partial charge in [-0.15, -0.1) is 11.3 Å². The Morgan fingerprint density at radius 3 is 2.95 bits per heavy atom. The molecule has 0 unspecified atom stereocenters. The van der Waals surface area contributed by atoms with Gasteiger partial charge in [-0.3, -0.25) is 4.90 Å². The summed E-state index contributed by atoms with van der Waals surface area (Å²) >= 11 is 1.76. The lowest BCUT2D eigenvalue weighted by atomic mass is 10.0. The molecule has 21 heavy (non-hydrogen) atoms. The van der Waals surface area contributed by atoms with Crippen molar-refractivity contribution in [2.45, 2.75) is 19.0 Å². The maximum Gasteiger partial charge on any atom is 0.327 e. The van der Waals surface area contributed by atoms with Gasteiger partial charge >= 0.3 is 5.97 Å². The van der Waals surface area contributed by atoms with E-state index in [-0.39, 0.29) is 11.7 Å². The second-order valence-corrected chi connectivity index (χ2v) is 6.07. The molecule has 0 radical (unpaired) electrons. The Labute approximate surface area is 127 Å². The van der Waals surface area contributed by atoms with Crippen molar-refractivity contribution in [2.75, 3.05) is 13.7 Å². The molecule has 1 atom stereocenters. The zero-order chi connectivity index (χ0) is 14.8. The summed E-state index contributed by atoms with van der Waals surface area (Å²) in [5, 5.41) is 12.2. The Morgan fingerprint density at radius 1 is 1.38 bits per heavy atom. The van der Waals surface area contributed by atoms with Gasteiger partial charge < -0.3 is 9.84 Å². The standard InChI is InChI=1S/C16H17NO3S/c1-20-16(19)15(12-4-2-3-5-13(12)18)17-8-6-14-11(10-17)7-9-21-14/h2-5,7,9,15,18H,6,8,10H2,1H3/t15-/m0/s1. The van der Waals surface area contributed by atoms with Gasteiger partial charge in [-0.1, -0.05) is 18.2 Å². The Bertz CT molecular complexity index is 652. The predicted octanol–water partition coefficient (Wildman–Crippen LogP) is 2.73. The molecule has 0 fully saturated rings. The largest absolute Gasteiger partial charge is 0.508 e. The van der Waals surface area contributed by atoms with Crippen molar-refractivity contribution in [3.63, 3.8) is 0 Å². The van der Waals surface area contributed by atoms with E-state index in [2.05, 4.69) is 16.3 Å². The third-order valence-electron chi connectivity index (χ3n) is 3.86. The summed E-state index contributed by atoms with van der Waals surface area (Å²) < 4.78 is 4.96. The number of ether oxygens (including phenoxy) is 1. The zero-order valence-corrected chi connectivity index (χ0v) is 12.6. The van der Waals surface area contributed by atoms with Gasteiger partial charge in [0.25, 0.3) is 0 Å². The number of aromatic hydroxyl groups is 1. The van der Waals surface area contributed by atoms with Crippen LogP contribution in [0.2, 0.25) is 0 Å². The number of carbonyl (C=O) groups is 1. The molecule has 2 aromatic rings. The quantitative estimate of drug-likeness (QED) is 0.886. The molecule has 1 aromatic heterocycles. The monoisotopic (exact) mass is 303 g/mol. The molecule has 0 spiro atoms. The minimum atomic E-state index is -0.566. The third kappa shape index (κ3) is 2.66. The lowest BCUT2D eigenvalue weighted by molar-refractivity contribution is -0.147. The number of benzene rings is 1. The maximum atomic E-state index is 12.2. The number of hydrogen-bond acceptors (Lipinski definition) is 5. The Kier molecular flexibility index (Phi) is 3.94. The van der Waals surface area contributed by atoms with Crippen LogP contribution < -0.4 is 0 Å². The number of hydrogen-bond donors (Lipinski definition) is 1. The summed E-state index contributed by atoms with van der Waals surface area (Å²) in [6.45, 7) is 1.48. The molecule has 0 amide bonds. The molecule has 2 heterocycles. The van der Waals surface area contributed by atoms with Crippen molar-refractivity contribution in [3.8, 4) is 5.75 Å². The van der Waals surface area contributed by atoms with Crippen LogP contribution in [0.3, 0.4) is 0 Å². The van der Waals surface area contributed by atoms with Crippen molar-refractivity contribution < 1.29 is 14.6 Å². The van der Waals surface area contributed by atoms with E-state index in [1.165, 1.54) is 17.6 Å². The summed E-state index contributed by atoms with van der Waals surface area (Å²) in [4.78, 5) is 15.7. The van der Waals surface area contributed by atoms with Gasteiger partial charge in [0.15, 0.2) is 0 Å². The first-order chi connectivity index (χ1) is 10.2. The minimum Gasteiger partial charge on any atom is -0.508 e. The first-order valence-corrected chi connectivity index (χ1v) is 7.73. The molecule has 3 rings (SSSR count). The number of nitrogens with zero attached hydrogens (tertiary/aromatic N) is 1. The molecule has 0 saturated heterocycles. The van der Waals surface area contributed by atoms with Crippen LogP contribution in [-0.4, -0.2) is 29.6 Å². The predicted molar refractivity (Wildman–Crippen MR) is 81.3 cm³/mol. The molecule has 0 aliphatic carbocycles. The number of rotatable bonds is 3. The first-order valence-electron chi connectivity index (χ1n) is 6.85. The highest BCUT2D eigenvalue weighted by molar-refractivity contribution is 7.10.